The molecule has 2 aromatic heterocycles. The van der Waals surface area contributed by atoms with Crippen LogP contribution in [0, 0.1) is 6.92 Å². The number of carbonyl (C=O) groups is 2. The van der Waals surface area contributed by atoms with Gasteiger partial charge in [-0.1, -0.05) is 36.4 Å². The maximum atomic E-state index is 13.1. The molecule has 1 fully saturated rings. The van der Waals surface area contributed by atoms with Crippen LogP contribution < -0.4 is 4.74 Å². The van der Waals surface area contributed by atoms with E-state index in [1.165, 1.54) is 0 Å². The van der Waals surface area contributed by atoms with Gasteiger partial charge in [0.25, 0.3) is 0 Å². The van der Waals surface area contributed by atoms with Crippen molar-refractivity contribution in [3.8, 4) is 5.75 Å². The first-order valence-corrected chi connectivity index (χ1v) is 12.5. The second kappa shape index (κ2) is 10.9. The van der Waals surface area contributed by atoms with Gasteiger partial charge in [-0.15, -0.1) is 0 Å². The first-order valence-electron chi connectivity index (χ1n) is 12.5. The molecule has 0 radical (unpaired) electrons. The van der Waals surface area contributed by atoms with E-state index in [1.54, 1.807) is 10.7 Å². The van der Waals surface area contributed by atoms with E-state index in [-0.39, 0.29) is 24.7 Å². The molecule has 1 saturated heterocycles. The van der Waals surface area contributed by atoms with Gasteiger partial charge in [0.2, 0.25) is 5.91 Å². The minimum atomic E-state index is -0.0785. The number of hydrogen-bond acceptors (Lipinski definition) is 6. The first-order chi connectivity index (χ1) is 17.9. The average Bonchev–Trinajstić information content (AvgIpc) is 3.29. The first kappa shape index (κ1) is 24.6. The standard InChI is InChI=1S/C29H31N5O3/c1-21-7-6-10-25(30-21)27(35)16-23-15-24-18-34(19-29(36)33-13-11-32(2)12-14-33)31-26(24)17-28(23)37-20-22-8-4-3-5-9-22/h3-10,15,17-18H,11-14,16,19-20H2,1-2H3. The lowest BCUT2D eigenvalue weighted by Crippen LogP contribution is -2.48. The monoisotopic (exact) mass is 497 g/mol. The van der Waals surface area contributed by atoms with Crippen LogP contribution in [0.1, 0.15) is 27.3 Å². The van der Waals surface area contributed by atoms with Gasteiger partial charge in [-0.05, 0) is 37.7 Å². The summed E-state index contributed by atoms with van der Waals surface area (Å²) in [7, 11) is 2.07. The molecule has 1 amide bonds. The van der Waals surface area contributed by atoms with Crippen molar-refractivity contribution in [2.24, 2.45) is 0 Å². The second-order valence-electron chi connectivity index (χ2n) is 9.57. The lowest BCUT2D eigenvalue weighted by molar-refractivity contribution is -0.133. The molecule has 3 heterocycles. The molecule has 4 aromatic rings. The molecule has 1 aliphatic heterocycles. The van der Waals surface area contributed by atoms with Gasteiger partial charge in [-0.25, -0.2) is 0 Å². The predicted molar refractivity (Wildman–Crippen MR) is 142 cm³/mol. The fraction of sp³-hybridized carbons (Fsp3) is 0.310. The normalized spacial score (nSPS) is 14.2. The minimum Gasteiger partial charge on any atom is -0.489 e. The van der Waals surface area contributed by atoms with Crippen molar-refractivity contribution in [2.75, 3.05) is 33.2 Å². The van der Waals surface area contributed by atoms with E-state index in [4.69, 9.17) is 4.74 Å². The average molecular weight is 498 g/mol. The summed E-state index contributed by atoms with van der Waals surface area (Å²) < 4.78 is 7.87. The number of ketones is 1. The van der Waals surface area contributed by atoms with Gasteiger partial charge in [0.1, 0.15) is 24.6 Å². The number of Topliss-reactive ketones (excluding diaryl/α,β-unsaturated/α-hetero) is 1. The molecule has 0 bridgehead atoms. The van der Waals surface area contributed by atoms with Crippen molar-refractivity contribution < 1.29 is 14.3 Å². The molecule has 8 heteroatoms. The zero-order valence-electron chi connectivity index (χ0n) is 21.3. The number of fused-ring (bicyclic) bond motifs is 1. The third-order valence-electron chi connectivity index (χ3n) is 6.65. The lowest BCUT2D eigenvalue weighted by atomic mass is 10.0. The van der Waals surface area contributed by atoms with Crippen LogP contribution in [0.2, 0.25) is 0 Å². The predicted octanol–water partition coefficient (Wildman–Crippen LogP) is 3.52. The van der Waals surface area contributed by atoms with Crippen molar-refractivity contribution in [1.82, 2.24) is 24.6 Å². The summed E-state index contributed by atoms with van der Waals surface area (Å²) >= 11 is 0. The maximum Gasteiger partial charge on any atom is 0.244 e. The molecular formula is C29H31N5O3. The van der Waals surface area contributed by atoms with Gasteiger partial charge in [0, 0.05) is 61.5 Å². The van der Waals surface area contributed by atoms with E-state index >= 15 is 0 Å². The third-order valence-corrected chi connectivity index (χ3v) is 6.65. The van der Waals surface area contributed by atoms with Gasteiger partial charge >= 0.3 is 0 Å². The van der Waals surface area contributed by atoms with Crippen molar-refractivity contribution in [1.29, 1.82) is 0 Å². The molecule has 0 unspecified atom stereocenters. The summed E-state index contributed by atoms with van der Waals surface area (Å²) in [6.45, 7) is 5.64. The van der Waals surface area contributed by atoms with Gasteiger partial charge < -0.3 is 14.5 Å². The molecule has 0 spiro atoms. The molecule has 0 aliphatic carbocycles. The number of carbonyl (C=O) groups excluding carboxylic acids is 2. The Morgan fingerprint density at radius 3 is 2.51 bits per heavy atom. The van der Waals surface area contributed by atoms with Crippen molar-refractivity contribution in [2.45, 2.75) is 26.5 Å². The Kier molecular flexibility index (Phi) is 7.28. The highest BCUT2D eigenvalue weighted by Crippen LogP contribution is 2.28. The zero-order chi connectivity index (χ0) is 25.8. The number of nitrogens with zero attached hydrogens (tertiary/aromatic N) is 5. The number of piperazine rings is 1. The molecule has 190 valence electrons. The third kappa shape index (κ3) is 6.03. The number of likely N-dealkylation sites (N-methyl/N-ethyl adjacent to an activating group) is 1. The lowest BCUT2D eigenvalue weighted by Gasteiger charge is -2.32. The second-order valence-corrected chi connectivity index (χ2v) is 9.57. The minimum absolute atomic E-state index is 0.0578. The number of pyridine rings is 1. The van der Waals surface area contributed by atoms with Crippen molar-refractivity contribution in [3.63, 3.8) is 0 Å². The van der Waals surface area contributed by atoms with Crippen LogP contribution in [0.3, 0.4) is 0 Å². The molecule has 0 N–H and O–H groups in total. The van der Waals surface area contributed by atoms with Crippen LogP contribution in [0.25, 0.3) is 10.9 Å². The van der Waals surface area contributed by atoms with Gasteiger partial charge in [-0.2, -0.15) is 5.10 Å². The summed E-state index contributed by atoms with van der Waals surface area (Å²) in [5.74, 6) is 0.584. The van der Waals surface area contributed by atoms with Crippen molar-refractivity contribution in [3.05, 3.63) is 89.4 Å². The number of benzene rings is 2. The van der Waals surface area contributed by atoms with E-state index in [0.717, 1.165) is 53.9 Å². The fourth-order valence-corrected chi connectivity index (χ4v) is 4.50. The summed E-state index contributed by atoms with van der Waals surface area (Å²) in [6.07, 6.45) is 2.02. The number of ether oxygens (including phenoxy) is 1. The Hall–Kier alpha value is -4.04. The maximum absolute atomic E-state index is 13.1. The Labute approximate surface area is 216 Å². The molecular weight excluding hydrogens is 466 g/mol. The summed E-state index contributed by atoms with van der Waals surface area (Å²) in [6, 6.07) is 19.1. The van der Waals surface area contributed by atoms with Gasteiger partial charge in [0.15, 0.2) is 5.78 Å². The van der Waals surface area contributed by atoms with Crippen LogP contribution >= 0.6 is 0 Å². The topological polar surface area (TPSA) is 80.6 Å². The van der Waals surface area contributed by atoms with E-state index in [9.17, 15) is 9.59 Å². The van der Waals surface area contributed by atoms with Crippen LogP contribution in [0.15, 0.2) is 66.9 Å². The largest absolute Gasteiger partial charge is 0.489 e. The summed E-state index contributed by atoms with van der Waals surface area (Å²) in [4.78, 5) is 34.4. The van der Waals surface area contributed by atoms with Crippen molar-refractivity contribution >= 4 is 22.6 Å². The van der Waals surface area contributed by atoms with E-state index in [2.05, 4.69) is 22.0 Å². The van der Waals surface area contributed by atoms with Crippen LogP contribution in [-0.2, 0) is 24.4 Å². The Morgan fingerprint density at radius 2 is 1.76 bits per heavy atom. The molecule has 8 nitrogen and oxygen atoms in total. The summed E-state index contributed by atoms with van der Waals surface area (Å²) in [5, 5.41) is 5.51. The highest BCUT2D eigenvalue weighted by Gasteiger charge is 2.20. The quantitative estimate of drug-likeness (QED) is 0.347. The Balaban J connectivity index is 1.40. The number of aromatic nitrogens is 3. The molecule has 37 heavy (non-hydrogen) atoms. The number of hydrogen-bond donors (Lipinski definition) is 0. The highest BCUT2D eigenvalue weighted by molar-refractivity contribution is 5.97. The van der Waals surface area contributed by atoms with Crippen LogP contribution in [-0.4, -0.2) is 69.5 Å². The van der Waals surface area contributed by atoms with E-state index in [1.807, 2.05) is 72.6 Å². The molecule has 0 saturated carbocycles. The highest BCUT2D eigenvalue weighted by atomic mass is 16.5. The van der Waals surface area contributed by atoms with Crippen LogP contribution in [0.4, 0.5) is 0 Å². The Morgan fingerprint density at radius 1 is 0.973 bits per heavy atom. The van der Waals surface area contributed by atoms with E-state index in [0.29, 0.717) is 18.1 Å². The molecule has 2 aromatic carbocycles. The molecule has 1 aliphatic rings. The zero-order valence-corrected chi connectivity index (χ0v) is 21.3. The molecule has 5 rings (SSSR count). The number of rotatable bonds is 8. The number of aryl methyl sites for hydroxylation is 1. The Bertz CT molecular complexity index is 1410. The van der Waals surface area contributed by atoms with Crippen LogP contribution in [0.5, 0.6) is 5.75 Å². The van der Waals surface area contributed by atoms with Gasteiger partial charge in [0.05, 0.1) is 5.52 Å². The smallest absolute Gasteiger partial charge is 0.244 e. The fourth-order valence-electron chi connectivity index (χ4n) is 4.50. The summed E-state index contributed by atoms with van der Waals surface area (Å²) in [5.41, 5.74) is 3.75. The van der Waals surface area contributed by atoms with E-state index < -0.39 is 0 Å². The number of amides is 1. The SMILES string of the molecule is Cc1cccc(C(=O)Cc2cc3cn(CC(=O)N4CCN(C)CC4)nc3cc2OCc2ccccc2)n1. The van der Waals surface area contributed by atoms with Gasteiger partial charge in [-0.3, -0.25) is 19.3 Å². The molecule has 0 atom stereocenters.